The van der Waals surface area contributed by atoms with Gasteiger partial charge in [0.25, 0.3) is 0 Å². The number of thiophene rings is 1. The Bertz CT molecular complexity index is 1100. The summed E-state index contributed by atoms with van der Waals surface area (Å²) < 4.78 is 1.74. The molecule has 1 unspecified atom stereocenters. The molecule has 0 saturated carbocycles. The van der Waals surface area contributed by atoms with Crippen LogP contribution in [0.4, 0.5) is 5.69 Å². The molecule has 0 amide bonds. The van der Waals surface area contributed by atoms with Gasteiger partial charge in [-0.05, 0) is 35.6 Å². The summed E-state index contributed by atoms with van der Waals surface area (Å²) in [5.74, 6) is 0.576. The maximum Gasteiger partial charge on any atom is 0.208 e. The molecule has 3 aromatic heterocycles. The standard InChI is InChI=1S/C22H22N4OS/c1-3-15(2)13-24-17-7-4-6-16(12-17)19-9-10-23-22-18(14-25-26(19)22)21(27)20-8-5-11-28-20/h4-12,14-15,24H,3,13H2,1-2H3. The van der Waals surface area contributed by atoms with E-state index in [0.29, 0.717) is 22.0 Å². The van der Waals surface area contributed by atoms with E-state index >= 15 is 0 Å². The van der Waals surface area contributed by atoms with Gasteiger partial charge < -0.3 is 5.32 Å². The SMILES string of the molecule is CCC(C)CNc1cccc(-c2ccnc3c(C(=O)c4cccs4)cnn23)c1. The van der Waals surface area contributed by atoms with Crippen LogP contribution in [0.2, 0.25) is 0 Å². The molecular formula is C22H22N4OS. The Morgan fingerprint density at radius 1 is 1.25 bits per heavy atom. The largest absolute Gasteiger partial charge is 0.385 e. The van der Waals surface area contributed by atoms with E-state index in [2.05, 4.69) is 41.4 Å². The molecule has 0 radical (unpaired) electrons. The highest BCUT2D eigenvalue weighted by atomic mass is 32.1. The van der Waals surface area contributed by atoms with Gasteiger partial charge in [-0.3, -0.25) is 4.79 Å². The zero-order valence-corrected chi connectivity index (χ0v) is 16.7. The third-order valence-corrected chi connectivity index (χ3v) is 5.77. The minimum Gasteiger partial charge on any atom is -0.385 e. The zero-order valence-electron chi connectivity index (χ0n) is 15.9. The number of ketones is 1. The highest BCUT2D eigenvalue weighted by molar-refractivity contribution is 7.12. The van der Waals surface area contributed by atoms with Gasteiger partial charge in [-0.15, -0.1) is 11.3 Å². The number of carbonyl (C=O) groups excluding carboxylic acids is 1. The highest BCUT2D eigenvalue weighted by Gasteiger charge is 2.18. The summed E-state index contributed by atoms with van der Waals surface area (Å²) in [5.41, 5.74) is 4.11. The minimum atomic E-state index is -0.0429. The molecule has 0 spiro atoms. The number of benzene rings is 1. The second-order valence-corrected chi connectivity index (χ2v) is 7.85. The number of carbonyl (C=O) groups is 1. The van der Waals surface area contributed by atoms with Crippen molar-refractivity contribution < 1.29 is 4.79 Å². The van der Waals surface area contributed by atoms with Gasteiger partial charge in [-0.1, -0.05) is 38.5 Å². The lowest BCUT2D eigenvalue weighted by Crippen LogP contribution is -2.10. The van der Waals surface area contributed by atoms with Gasteiger partial charge in [0.1, 0.15) is 0 Å². The fraction of sp³-hybridized carbons (Fsp3) is 0.227. The number of hydrogen-bond acceptors (Lipinski definition) is 5. The molecule has 142 valence electrons. The van der Waals surface area contributed by atoms with E-state index in [4.69, 9.17) is 0 Å². The summed E-state index contributed by atoms with van der Waals surface area (Å²) in [5, 5.41) is 9.86. The molecule has 0 aliphatic heterocycles. The lowest BCUT2D eigenvalue weighted by atomic mass is 10.1. The molecule has 28 heavy (non-hydrogen) atoms. The van der Waals surface area contributed by atoms with Crippen molar-refractivity contribution in [2.45, 2.75) is 20.3 Å². The summed E-state index contributed by atoms with van der Waals surface area (Å²) >= 11 is 1.43. The highest BCUT2D eigenvalue weighted by Crippen LogP contribution is 2.25. The predicted molar refractivity (Wildman–Crippen MR) is 114 cm³/mol. The Balaban J connectivity index is 1.69. The Morgan fingerprint density at radius 2 is 2.14 bits per heavy atom. The normalized spacial score (nSPS) is 12.2. The van der Waals surface area contributed by atoms with Crippen LogP contribution < -0.4 is 5.32 Å². The quantitative estimate of drug-likeness (QED) is 0.444. The smallest absolute Gasteiger partial charge is 0.208 e. The topological polar surface area (TPSA) is 59.3 Å². The molecule has 0 aliphatic carbocycles. The van der Waals surface area contributed by atoms with E-state index in [-0.39, 0.29) is 5.78 Å². The second kappa shape index (κ2) is 7.94. The number of nitrogens with one attached hydrogen (secondary N) is 1. The van der Waals surface area contributed by atoms with Gasteiger partial charge >= 0.3 is 0 Å². The number of hydrogen-bond donors (Lipinski definition) is 1. The fourth-order valence-corrected chi connectivity index (χ4v) is 3.71. The maximum atomic E-state index is 12.8. The molecule has 0 aliphatic rings. The maximum absolute atomic E-state index is 12.8. The summed E-state index contributed by atoms with van der Waals surface area (Å²) in [6, 6.07) is 13.9. The van der Waals surface area contributed by atoms with E-state index < -0.39 is 0 Å². The molecule has 1 atom stereocenters. The van der Waals surface area contributed by atoms with Crippen LogP contribution in [0.1, 0.15) is 35.5 Å². The van der Waals surface area contributed by atoms with Crippen LogP contribution in [0, 0.1) is 5.92 Å². The van der Waals surface area contributed by atoms with E-state index in [1.54, 1.807) is 16.9 Å². The van der Waals surface area contributed by atoms with Crippen LogP contribution >= 0.6 is 11.3 Å². The average Bonchev–Trinajstić information content (AvgIpc) is 3.41. The van der Waals surface area contributed by atoms with Crippen molar-refractivity contribution in [2.24, 2.45) is 5.92 Å². The van der Waals surface area contributed by atoms with Crippen molar-refractivity contribution >= 4 is 28.5 Å². The van der Waals surface area contributed by atoms with Crippen LogP contribution in [0.3, 0.4) is 0 Å². The first-order chi connectivity index (χ1) is 13.7. The summed E-state index contributed by atoms with van der Waals surface area (Å²) in [6.07, 6.45) is 4.49. The van der Waals surface area contributed by atoms with Crippen molar-refractivity contribution in [1.82, 2.24) is 14.6 Å². The molecule has 4 rings (SSSR count). The Hall–Kier alpha value is -2.99. The van der Waals surface area contributed by atoms with E-state index in [0.717, 1.165) is 29.9 Å². The summed E-state index contributed by atoms with van der Waals surface area (Å²) in [7, 11) is 0. The first kappa shape index (κ1) is 18.4. The molecule has 3 heterocycles. The predicted octanol–water partition coefficient (Wildman–Crippen LogP) is 5.15. The summed E-state index contributed by atoms with van der Waals surface area (Å²) in [6.45, 7) is 5.37. The monoisotopic (exact) mass is 390 g/mol. The molecule has 0 fully saturated rings. The van der Waals surface area contributed by atoms with Crippen molar-refractivity contribution in [3.05, 3.63) is 70.7 Å². The number of fused-ring (bicyclic) bond motifs is 1. The number of nitrogens with zero attached hydrogens (tertiary/aromatic N) is 3. The Morgan fingerprint density at radius 3 is 2.93 bits per heavy atom. The summed E-state index contributed by atoms with van der Waals surface area (Å²) in [4.78, 5) is 17.9. The Labute approximate surface area is 168 Å². The fourth-order valence-electron chi connectivity index (χ4n) is 3.04. The first-order valence-electron chi connectivity index (χ1n) is 9.42. The van der Waals surface area contributed by atoms with Crippen LogP contribution in [0.5, 0.6) is 0 Å². The van der Waals surface area contributed by atoms with Gasteiger partial charge in [0.2, 0.25) is 5.78 Å². The minimum absolute atomic E-state index is 0.0429. The van der Waals surface area contributed by atoms with Crippen LogP contribution in [0.25, 0.3) is 16.9 Å². The lowest BCUT2D eigenvalue weighted by Gasteiger charge is -2.12. The molecule has 5 nitrogen and oxygen atoms in total. The molecular weight excluding hydrogens is 368 g/mol. The van der Waals surface area contributed by atoms with Crippen molar-refractivity contribution in [2.75, 3.05) is 11.9 Å². The molecule has 0 bridgehead atoms. The molecule has 1 aromatic carbocycles. The first-order valence-corrected chi connectivity index (χ1v) is 10.3. The molecule has 0 saturated heterocycles. The average molecular weight is 391 g/mol. The molecule has 6 heteroatoms. The van der Waals surface area contributed by atoms with Crippen LogP contribution in [-0.4, -0.2) is 26.9 Å². The second-order valence-electron chi connectivity index (χ2n) is 6.91. The van der Waals surface area contributed by atoms with Crippen molar-refractivity contribution in [3.63, 3.8) is 0 Å². The van der Waals surface area contributed by atoms with E-state index in [9.17, 15) is 4.79 Å². The van der Waals surface area contributed by atoms with Gasteiger partial charge in [0.15, 0.2) is 5.65 Å². The molecule has 4 aromatic rings. The van der Waals surface area contributed by atoms with Gasteiger partial charge in [0, 0.05) is 24.0 Å². The van der Waals surface area contributed by atoms with Crippen molar-refractivity contribution in [3.8, 4) is 11.3 Å². The number of anilines is 1. The number of aromatic nitrogens is 3. The van der Waals surface area contributed by atoms with Crippen LogP contribution in [0.15, 0.2) is 60.2 Å². The van der Waals surface area contributed by atoms with E-state index in [1.807, 2.05) is 35.7 Å². The van der Waals surface area contributed by atoms with Crippen LogP contribution in [-0.2, 0) is 0 Å². The van der Waals surface area contributed by atoms with Gasteiger partial charge in [0.05, 0.1) is 22.3 Å². The van der Waals surface area contributed by atoms with E-state index in [1.165, 1.54) is 11.3 Å². The number of rotatable bonds is 7. The van der Waals surface area contributed by atoms with Gasteiger partial charge in [-0.2, -0.15) is 5.10 Å². The zero-order chi connectivity index (χ0) is 19.5. The van der Waals surface area contributed by atoms with Crippen molar-refractivity contribution in [1.29, 1.82) is 0 Å². The Kier molecular flexibility index (Phi) is 5.21. The third kappa shape index (κ3) is 3.55. The lowest BCUT2D eigenvalue weighted by molar-refractivity contribution is 0.104. The third-order valence-electron chi connectivity index (χ3n) is 4.90. The van der Waals surface area contributed by atoms with Gasteiger partial charge in [-0.25, -0.2) is 9.50 Å². The molecule has 1 N–H and O–H groups in total.